The lowest BCUT2D eigenvalue weighted by atomic mass is 10.0. The Morgan fingerprint density at radius 2 is 1.75 bits per heavy atom. The van der Waals surface area contributed by atoms with Crippen molar-refractivity contribution in [2.45, 2.75) is 13.8 Å². The topological polar surface area (TPSA) is 67.4 Å². The van der Waals surface area contributed by atoms with Crippen LogP contribution in [0, 0.1) is 6.92 Å². The number of anilines is 2. The number of ether oxygens (including phenoxy) is 1. The minimum atomic E-state index is -0.439. The molecule has 1 heterocycles. The van der Waals surface area contributed by atoms with Crippen LogP contribution in [0.15, 0.2) is 60.0 Å². The van der Waals surface area contributed by atoms with E-state index in [1.165, 1.54) is 11.3 Å². The Kier molecular flexibility index (Phi) is 6.45. The molecule has 3 aromatic rings. The second-order valence-electron chi connectivity index (χ2n) is 6.21. The van der Waals surface area contributed by atoms with E-state index in [0.29, 0.717) is 10.6 Å². The van der Waals surface area contributed by atoms with Crippen molar-refractivity contribution >= 4 is 33.9 Å². The Bertz CT molecular complexity index is 950. The van der Waals surface area contributed by atoms with Crippen molar-refractivity contribution in [3.05, 3.63) is 71.1 Å². The zero-order valence-corrected chi connectivity index (χ0v) is 16.6. The zero-order chi connectivity index (χ0) is 19.9. The molecule has 0 aliphatic rings. The molecule has 0 spiro atoms. The molecule has 6 heteroatoms. The Balaban J connectivity index is 1.80. The van der Waals surface area contributed by atoms with E-state index in [4.69, 9.17) is 4.74 Å². The van der Waals surface area contributed by atoms with E-state index in [1.807, 2.05) is 66.9 Å². The lowest BCUT2D eigenvalue weighted by molar-refractivity contribution is -0.114. The van der Waals surface area contributed by atoms with Crippen molar-refractivity contribution < 1.29 is 14.3 Å². The van der Waals surface area contributed by atoms with Gasteiger partial charge in [0.15, 0.2) is 0 Å². The molecule has 28 heavy (non-hydrogen) atoms. The summed E-state index contributed by atoms with van der Waals surface area (Å²) in [5.74, 6) is -0.669. The summed E-state index contributed by atoms with van der Waals surface area (Å²) in [6, 6.07) is 17.4. The predicted octanol–water partition coefficient (Wildman–Crippen LogP) is 4.95. The first-order valence-electron chi connectivity index (χ1n) is 9.03. The monoisotopic (exact) mass is 394 g/mol. The van der Waals surface area contributed by atoms with Gasteiger partial charge in [0.2, 0.25) is 5.91 Å². The highest BCUT2D eigenvalue weighted by atomic mass is 32.1. The third-order valence-corrected chi connectivity index (χ3v) is 5.01. The summed E-state index contributed by atoms with van der Waals surface area (Å²) in [6.45, 7) is 4.14. The fourth-order valence-electron chi connectivity index (χ4n) is 2.71. The number of esters is 1. The molecule has 3 rings (SSSR count). The third kappa shape index (κ3) is 4.78. The molecule has 0 aliphatic carbocycles. The smallest absolute Gasteiger partial charge is 0.341 e. The van der Waals surface area contributed by atoms with E-state index >= 15 is 0 Å². The second-order valence-corrected chi connectivity index (χ2v) is 7.09. The lowest BCUT2D eigenvalue weighted by Gasteiger charge is -2.10. The molecule has 1 amide bonds. The van der Waals surface area contributed by atoms with Gasteiger partial charge in [-0.2, -0.15) is 0 Å². The SMILES string of the molecule is CCOC(=O)c1c(-c2ccc(C)cc2)csc1NC(=O)CNc1ccccc1. The lowest BCUT2D eigenvalue weighted by Crippen LogP contribution is -2.22. The van der Waals surface area contributed by atoms with Crippen LogP contribution in [0.3, 0.4) is 0 Å². The van der Waals surface area contributed by atoms with E-state index in [1.54, 1.807) is 6.92 Å². The molecule has 0 fully saturated rings. The van der Waals surface area contributed by atoms with Gasteiger partial charge >= 0.3 is 5.97 Å². The normalized spacial score (nSPS) is 10.4. The Morgan fingerprint density at radius 1 is 1.04 bits per heavy atom. The molecule has 0 saturated carbocycles. The molecule has 0 unspecified atom stereocenters. The molecule has 0 bridgehead atoms. The van der Waals surface area contributed by atoms with Gasteiger partial charge in [-0.15, -0.1) is 11.3 Å². The fourth-order valence-corrected chi connectivity index (χ4v) is 3.68. The minimum absolute atomic E-state index is 0.101. The van der Waals surface area contributed by atoms with E-state index < -0.39 is 5.97 Å². The summed E-state index contributed by atoms with van der Waals surface area (Å²) in [5, 5.41) is 8.26. The maximum atomic E-state index is 12.6. The molecular weight excluding hydrogens is 372 g/mol. The molecule has 0 atom stereocenters. The van der Waals surface area contributed by atoms with Gasteiger partial charge < -0.3 is 15.4 Å². The van der Waals surface area contributed by atoms with Crippen molar-refractivity contribution in [3.63, 3.8) is 0 Å². The van der Waals surface area contributed by atoms with Crippen LogP contribution in [0.1, 0.15) is 22.8 Å². The predicted molar refractivity (Wildman–Crippen MR) is 114 cm³/mol. The van der Waals surface area contributed by atoms with Gasteiger partial charge in [-0.25, -0.2) is 4.79 Å². The third-order valence-electron chi connectivity index (χ3n) is 4.11. The average molecular weight is 394 g/mol. The summed E-state index contributed by atoms with van der Waals surface area (Å²) in [6.07, 6.45) is 0. The van der Waals surface area contributed by atoms with E-state index in [2.05, 4.69) is 10.6 Å². The van der Waals surface area contributed by atoms with Gasteiger partial charge in [0, 0.05) is 16.6 Å². The molecule has 144 valence electrons. The molecule has 0 saturated heterocycles. The summed E-state index contributed by atoms with van der Waals surface area (Å²) in [4.78, 5) is 25.0. The molecule has 1 aromatic heterocycles. The maximum absolute atomic E-state index is 12.6. The van der Waals surface area contributed by atoms with Crippen LogP contribution in [0.2, 0.25) is 0 Å². The molecule has 2 N–H and O–H groups in total. The van der Waals surface area contributed by atoms with Gasteiger partial charge in [-0.1, -0.05) is 48.0 Å². The number of para-hydroxylation sites is 1. The van der Waals surface area contributed by atoms with Gasteiger partial charge in [-0.3, -0.25) is 4.79 Å². The van der Waals surface area contributed by atoms with Crippen molar-refractivity contribution in [2.24, 2.45) is 0 Å². The van der Waals surface area contributed by atoms with Crippen molar-refractivity contribution in [1.82, 2.24) is 0 Å². The van der Waals surface area contributed by atoms with Gasteiger partial charge in [0.05, 0.1) is 13.2 Å². The van der Waals surface area contributed by atoms with E-state index in [9.17, 15) is 9.59 Å². The number of hydrogen-bond donors (Lipinski definition) is 2. The van der Waals surface area contributed by atoms with Crippen LogP contribution >= 0.6 is 11.3 Å². The summed E-state index contributed by atoms with van der Waals surface area (Å²) < 4.78 is 5.22. The maximum Gasteiger partial charge on any atom is 0.341 e. The highest BCUT2D eigenvalue weighted by molar-refractivity contribution is 7.15. The quantitative estimate of drug-likeness (QED) is 0.556. The number of nitrogens with one attached hydrogen (secondary N) is 2. The number of carbonyl (C=O) groups is 2. The number of carbonyl (C=O) groups excluding carboxylic acids is 2. The number of benzene rings is 2. The Hall–Kier alpha value is -3.12. The summed E-state index contributed by atoms with van der Waals surface area (Å²) >= 11 is 1.32. The highest BCUT2D eigenvalue weighted by Crippen LogP contribution is 2.36. The first-order valence-corrected chi connectivity index (χ1v) is 9.91. The van der Waals surface area contributed by atoms with Crippen molar-refractivity contribution in [2.75, 3.05) is 23.8 Å². The minimum Gasteiger partial charge on any atom is -0.462 e. The number of amides is 1. The molecule has 5 nitrogen and oxygen atoms in total. The summed E-state index contributed by atoms with van der Waals surface area (Å²) in [7, 11) is 0. The molecule has 0 aliphatic heterocycles. The number of thiophene rings is 1. The van der Waals surface area contributed by atoms with E-state index in [0.717, 1.165) is 22.4 Å². The number of aryl methyl sites for hydroxylation is 1. The standard InChI is InChI=1S/C22H22N2O3S/c1-3-27-22(26)20-18(16-11-9-15(2)10-12-16)14-28-21(20)24-19(25)13-23-17-7-5-4-6-8-17/h4-12,14,23H,3,13H2,1-2H3,(H,24,25). The van der Waals surface area contributed by atoms with Crippen LogP contribution in [-0.4, -0.2) is 25.0 Å². The van der Waals surface area contributed by atoms with Crippen molar-refractivity contribution in [1.29, 1.82) is 0 Å². The van der Waals surface area contributed by atoms with Crippen LogP contribution < -0.4 is 10.6 Å². The van der Waals surface area contributed by atoms with Gasteiger partial charge in [-0.05, 0) is 31.5 Å². The summed E-state index contributed by atoms with van der Waals surface area (Å²) in [5.41, 5.74) is 4.05. The van der Waals surface area contributed by atoms with Crippen LogP contribution in [-0.2, 0) is 9.53 Å². The van der Waals surface area contributed by atoms with E-state index in [-0.39, 0.29) is 19.1 Å². The first kappa shape index (κ1) is 19.6. The molecule has 2 aromatic carbocycles. The Labute approximate surface area is 168 Å². The highest BCUT2D eigenvalue weighted by Gasteiger charge is 2.22. The van der Waals surface area contributed by atoms with Gasteiger partial charge in [0.1, 0.15) is 10.6 Å². The van der Waals surface area contributed by atoms with Crippen LogP contribution in [0.4, 0.5) is 10.7 Å². The van der Waals surface area contributed by atoms with Crippen LogP contribution in [0.25, 0.3) is 11.1 Å². The largest absolute Gasteiger partial charge is 0.462 e. The van der Waals surface area contributed by atoms with Crippen molar-refractivity contribution in [3.8, 4) is 11.1 Å². The Morgan fingerprint density at radius 3 is 2.43 bits per heavy atom. The molecular formula is C22H22N2O3S. The van der Waals surface area contributed by atoms with Gasteiger partial charge in [0.25, 0.3) is 0 Å². The number of rotatable bonds is 7. The second kappa shape index (κ2) is 9.19. The molecule has 0 radical (unpaired) electrons. The number of hydrogen-bond acceptors (Lipinski definition) is 5. The first-order chi connectivity index (χ1) is 13.6. The average Bonchev–Trinajstić information content (AvgIpc) is 3.11. The van der Waals surface area contributed by atoms with Crippen LogP contribution in [0.5, 0.6) is 0 Å². The zero-order valence-electron chi connectivity index (χ0n) is 15.8. The fraction of sp³-hybridized carbons (Fsp3) is 0.182.